The predicted molar refractivity (Wildman–Crippen MR) is 126 cm³/mol. The second-order valence-electron chi connectivity index (χ2n) is 8.74. The molecule has 0 radical (unpaired) electrons. The molecule has 0 spiro atoms. The van der Waals surface area contributed by atoms with Gasteiger partial charge < -0.3 is 14.2 Å². The lowest BCUT2D eigenvalue weighted by molar-refractivity contribution is 0.101. The highest BCUT2D eigenvalue weighted by molar-refractivity contribution is 9.10. The Labute approximate surface area is 187 Å². The number of carbonyl (C=O) groups is 1. The third-order valence-corrected chi connectivity index (χ3v) is 7.12. The van der Waals surface area contributed by atoms with Crippen molar-refractivity contribution in [2.45, 2.75) is 51.8 Å². The number of imidazole rings is 1. The number of rotatable bonds is 8. The van der Waals surface area contributed by atoms with Crippen molar-refractivity contribution >= 4 is 41.3 Å². The Balaban J connectivity index is 1.73. The number of benzene rings is 1. The number of pyridine rings is 1. The number of hydrogen-bond donors (Lipinski definition) is 0. The number of nitrogens with zero attached hydrogens (tertiary/aromatic N) is 4. The first-order chi connectivity index (χ1) is 14.2. The molecular formula is C22H29BrN4O2Si. The van der Waals surface area contributed by atoms with Gasteiger partial charge in [-0.2, -0.15) is 0 Å². The number of carbonyl (C=O) groups excluding carboxylic acids is 1. The van der Waals surface area contributed by atoms with E-state index in [0.717, 1.165) is 40.0 Å². The lowest BCUT2D eigenvalue weighted by Crippen LogP contribution is -2.28. The van der Waals surface area contributed by atoms with Gasteiger partial charge in [-0.05, 0) is 34.0 Å². The summed E-state index contributed by atoms with van der Waals surface area (Å²) in [6.45, 7) is 8.61. The summed E-state index contributed by atoms with van der Waals surface area (Å²) in [6.07, 6.45) is 2.50. The summed E-state index contributed by atoms with van der Waals surface area (Å²) in [7, 11) is 0.615. The van der Waals surface area contributed by atoms with Crippen LogP contribution in [-0.2, 0) is 24.4 Å². The Morgan fingerprint density at radius 1 is 1.23 bits per heavy atom. The molecule has 6 nitrogen and oxygen atoms in total. The number of amides is 1. The molecule has 0 aliphatic heterocycles. The van der Waals surface area contributed by atoms with Crippen LogP contribution in [0, 0.1) is 0 Å². The Morgan fingerprint density at radius 3 is 2.67 bits per heavy atom. The summed E-state index contributed by atoms with van der Waals surface area (Å²) in [4.78, 5) is 23.4. The van der Waals surface area contributed by atoms with Gasteiger partial charge in [-0.1, -0.05) is 56.0 Å². The maximum Gasteiger partial charge on any atom is 0.410 e. The quantitative estimate of drug-likeness (QED) is 0.382. The fourth-order valence-electron chi connectivity index (χ4n) is 3.26. The molecule has 0 atom stereocenters. The van der Waals surface area contributed by atoms with Crippen molar-refractivity contribution in [3.63, 3.8) is 0 Å². The highest BCUT2D eigenvalue weighted by Gasteiger charge is 2.19. The maximum absolute atomic E-state index is 12.5. The smallest absolute Gasteiger partial charge is 0.410 e. The van der Waals surface area contributed by atoms with Crippen LogP contribution in [0.25, 0.3) is 11.2 Å². The Morgan fingerprint density at radius 2 is 1.97 bits per heavy atom. The average Bonchev–Trinajstić information content (AvgIpc) is 3.02. The summed E-state index contributed by atoms with van der Waals surface area (Å²) < 4.78 is 8.49. The van der Waals surface area contributed by atoms with Gasteiger partial charge >= 0.3 is 6.09 Å². The fourth-order valence-corrected chi connectivity index (χ4v) is 4.80. The van der Waals surface area contributed by atoms with E-state index in [1.807, 2.05) is 36.4 Å². The minimum atomic E-state index is -1.12. The third kappa shape index (κ3) is 6.15. The Bertz CT molecular complexity index is 1000. The predicted octanol–water partition coefficient (Wildman–Crippen LogP) is 5.69. The third-order valence-electron chi connectivity index (χ3n) is 4.83. The lowest BCUT2D eigenvalue weighted by Gasteiger charge is -2.19. The van der Waals surface area contributed by atoms with E-state index in [4.69, 9.17) is 9.72 Å². The number of hydrogen-bond acceptors (Lipinski definition) is 4. The van der Waals surface area contributed by atoms with Crippen LogP contribution >= 0.6 is 15.9 Å². The molecule has 3 aromatic rings. The van der Waals surface area contributed by atoms with Gasteiger partial charge in [-0.25, -0.2) is 14.8 Å². The summed E-state index contributed by atoms with van der Waals surface area (Å²) in [5.74, 6) is 0.824. The van der Waals surface area contributed by atoms with Crippen LogP contribution in [0.15, 0.2) is 47.1 Å². The van der Waals surface area contributed by atoms with Crippen molar-refractivity contribution in [1.82, 2.24) is 19.4 Å². The molecule has 160 valence electrons. The Hall–Kier alpha value is -2.19. The number of aromatic nitrogens is 3. The summed E-state index contributed by atoms with van der Waals surface area (Å²) >= 11 is 3.47. The molecule has 0 fully saturated rings. The van der Waals surface area contributed by atoms with Crippen molar-refractivity contribution in [3.8, 4) is 0 Å². The van der Waals surface area contributed by atoms with Gasteiger partial charge in [-0.3, -0.25) is 0 Å². The normalized spacial score (nSPS) is 11.6. The molecule has 0 unspecified atom stereocenters. The van der Waals surface area contributed by atoms with Gasteiger partial charge in [0.25, 0.3) is 0 Å². The summed E-state index contributed by atoms with van der Waals surface area (Å²) in [5, 5.41) is 0. The molecule has 8 heteroatoms. The highest BCUT2D eigenvalue weighted by Crippen LogP contribution is 2.21. The number of fused-ring (bicyclic) bond motifs is 1. The Kier molecular flexibility index (Phi) is 7.30. The SMILES string of the molecule is CN(Cc1nc2cc(Br)cnc2n1CCC[Si](C)(C)C)C(=O)OCc1ccccc1. The van der Waals surface area contributed by atoms with E-state index < -0.39 is 8.07 Å². The van der Waals surface area contributed by atoms with Crippen LogP contribution in [0.4, 0.5) is 4.79 Å². The highest BCUT2D eigenvalue weighted by atomic mass is 79.9. The fraction of sp³-hybridized carbons (Fsp3) is 0.409. The van der Waals surface area contributed by atoms with Crippen molar-refractivity contribution in [2.24, 2.45) is 0 Å². The average molecular weight is 489 g/mol. The standard InChI is InChI=1S/C22H29BrN4O2Si/c1-26(22(28)29-16-17-9-6-5-7-10-17)15-20-25-19-13-18(23)14-24-21(19)27(20)11-8-12-30(2,3)4/h5-7,9-10,13-14H,8,11-12,15-16H2,1-4H3. The molecule has 2 aromatic heterocycles. The zero-order chi connectivity index (χ0) is 21.7. The second kappa shape index (κ2) is 9.74. The maximum atomic E-state index is 12.5. The van der Waals surface area contributed by atoms with E-state index in [1.54, 1.807) is 18.1 Å². The van der Waals surface area contributed by atoms with Gasteiger partial charge in [0.1, 0.15) is 17.9 Å². The van der Waals surface area contributed by atoms with Crippen LogP contribution in [0.3, 0.4) is 0 Å². The first-order valence-corrected chi connectivity index (χ1v) is 14.7. The number of ether oxygens (including phenoxy) is 1. The van der Waals surface area contributed by atoms with E-state index in [1.165, 1.54) is 6.04 Å². The van der Waals surface area contributed by atoms with E-state index in [0.29, 0.717) is 6.54 Å². The van der Waals surface area contributed by atoms with Crippen LogP contribution in [0.5, 0.6) is 0 Å². The molecule has 0 saturated carbocycles. The van der Waals surface area contributed by atoms with Gasteiger partial charge in [-0.15, -0.1) is 0 Å². The largest absolute Gasteiger partial charge is 0.445 e. The van der Waals surface area contributed by atoms with Crippen LogP contribution < -0.4 is 0 Å². The van der Waals surface area contributed by atoms with E-state index >= 15 is 0 Å². The molecule has 3 rings (SSSR count). The molecule has 0 saturated heterocycles. The topological polar surface area (TPSA) is 60.2 Å². The first kappa shape index (κ1) is 22.5. The van der Waals surface area contributed by atoms with E-state index in [2.05, 4.69) is 45.1 Å². The zero-order valence-electron chi connectivity index (χ0n) is 18.1. The van der Waals surface area contributed by atoms with E-state index in [9.17, 15) is 4.79 Å². The van der Waals surface area contributed by atoms with Crippen LogP contribution in [0.1, 0.15) is 17.8 Å². The minimum Gasteiger partial charge on any atom is -0.445 e. The molecule has 30 heavy (non-hydrogen) atoms. The number of aryl methyl sites for hydroxylation is 1. The molecule has 0 N–H and O–H groups in total. The lowest BCUT2D eigenvalue weighted by atomic mass is 10.2. The molecular weight excluding hydrogens is 460 g/mol. The molecule has 2 heterocycles. The summed E-state index contributed by atoms with van der Waals surface area (Å²) in [5.41, 5.74) is 2.65. The van der Waals surface area contributed by atoms with Gasteiger partial charge in [0.15, 0.2) is 5.65 Å². The van der Waals surface area contributed by atoms with Gasteiger partial charge in [0.05, 0.1) is 6.54 Å². The molecule has 0 aliphatic rings. The molecule has 0 aliphatic carbocycles. The second-order valence-corrected chi connectivity index (χ2v) is 15.3. The van der Waals surface area contributed by atoms with E-state index in [-0.39, 0.29) is 12.7 Å². The van der Waals surface area contributed by atoms with Crippen molar-refractivity contribution < 1.29 is 9.53 Å². The van der Waals surface area contributed by atoms with Crippen LogP contribution in [-0.4, -0.2) is 40.6 Å². The van der Waals surface area contributed by atoms with Crippen molar-refractivity contribution in [3.05, 3.63) is 58.5 Å². The van der Waals surface area contributed by atoms with Gasteiger partial charge in [0.2, 0.25) is 0 Å². The molecule has 0 bridgehead atoms. The number of halogens is 1. The summed E-state index contributed by atoms with van der Waals surface area (Å²) in [6, 6.07) is 12.9. The molecule has 1 aromatic carbocycles. The zero-order valence-corrected chi connectivity index (χ0v) is 20.6. The molecule has 1 amide bonds. The first-order valence-electron chi connectivity index (χ1n) is 10.2. The minimum absolute atomic E-state index is 0.255. The van der Waals surface area contributed by atoms with Gasteiger partial charge in [0, 0.05) is 32.3 Å². The van der Waals surface area contributed by atoms with Crippen molar-refractivity contribution in [2.75, 3.05) is 7.05 Å². The van der Waals surface area contributed by atoms with Crippen molar-refractivity contribution in [1.29, 1.82) is 0 Å². The monoisotopic (exact) mass is 488 g/mol. The van der Waals surface area contributed by atoms with Crippen LogP contribution in [0.2, 0.25) is 25.7 Å².